The zero-order chi connectivity index (χ0) is 28.0. The van der Waals surface area contributed by atoms with Crippen molar-refractivity contribution in [2.45, 2.75) is 64.9 Å². The number of aliphatic hydroxyl groups excluding tert-OH is 1. The van der Waals surface area contributed by atoms with Gasteiger partial charge in [0.15, 0.2) is 5.78 Å². The van der Waals surface area contributed by atoms with Gasteiger partial charge in [-0.3, -0.25) is 34.0 Å². The van der Waals surface area contributed by atoms with Crippen molar-refractivity contribution in [2.24, 2.45) is 11.8 Å². The van der Waals surface area contributed by atoms with Gasteiger partial charge in [0, 0.05) is 37.5 Å². The van der Waals surface area contributed by atoms with Crippen molar-refractivity contribution in [2.75, 3.05) is 26.2 Å². The molecule has 0 aromatic carbocycles. The molecule has 2 unspecified atom stereocenters. The highest BCUT2D eigenvalue weighted by atomic mass is 16.5. The van der Waals surface area contributed by atoms with Gasteiger partial charge in [-0.25, -0.2) is 5.48 Å². The zero-order valence-electron chi connectivity index (χ0n) is 21.5. The summed E-state index contributed by atoms with van der Waals surface area (Å²) in [6.07, 6.45) is 0.0914. The second-order valence-electron chi connectivity index (χ2n) is 9.30. The number of nitrogens with zero attached hydrogens (tertiary/aromatic N) is 1. The van der Waals surface area contributed by atoms with Gasteiger partial charge in [0.05, 0.1) is 19.5 Å². The fourth-order valence-corrected chi connectivity index (χ4v) is 3.72. The number of carbonyl (C=O) groups is 6. The Hall–Kier alpha value is -3.32. The summed E-state index contributed by atoms with van der Waals surface area (Å²) >= 11 is 0. The summed E-state index contributed by atoms with van der Waals surface area (Å²) in [5, 5.41) is 25.2. The Balaban J connectivity index is 2.11. The number of amides is 5. The van der Waals surface area contributed by atoms with E-state index in [9.17, 15) is 33.9 Å². The Morgan fingerprint density at radius 2 is 1.57 bits per heavy atom. The highest BCUT2D eigenvalue weighted by Gasteiger charge is 2.35. The molecule has 1 aliphatic heterocycles. The Bertz CT molecular complexity index is 860. The van der Waals surface area contributed by atoms with Crippen LogP contribution in [0.5, 0.6) is 0 Å². The molecule has 1 fully saturated rings. The van der Waals surface area contributed by atoms with Gasteiger partial charge in [-0.2, -0.15) is 0 Å². The zero-order valence-corrected chi connectivity index (χ0v) is 21.5. The van der Waals surface area contributed by atoms with Crippen LogP contribution in [0.1, 0.15) is 58.8 Å². The maximum absolute atomic E-state index is 12.4. The lowest BCUT2D eigenvalue weighted by atomic mass is 9.94. The van der Waals surface area contributed by atoms with Crippen LogP contribution in [0.25, 0.3) is 0 Å². The molecule has 0 aliphatic carbocycles. The predicted molar refractivity (Wildman–Crippen MR) is 131 cm³/mol. The number of hydrogen-bond acceptors (Lipinski definition) is 8. The molecule has 208 valence electrons. The fraction of sp³-hybridized carbons (Fsp3) is 0.667. The Morgan fingerprint density at radius 1 is 0.946 bits per heavy atom. The molecule has 2 atom stereocenters. The molecule has 13 nitrogen and oxygen atoms in total. The van der Waals surface area contributed by atoms with Crippen molar-refractivity contribution in [3.63, 3.8) is 0 Å². The Labute approximate surface area is 216 Å². The summed E-state index contributed by atoms with van der Waals surface area (Å²) in [4.78, 5) is 72.2. The van der Waals surface area contributed by atoms with Crippen LogP contribution in [0.2, 0.25) is 0 Å². The molecular weight excluding hydrogens is 486 g/mol. The summed E-state index contributed by atoms with van der Waals surface area (Å²) in [7, 11) is 0. The van der Waals surface area contributed by atoms with E-state index in [2.05, 4.69) is 22.5 Å². The van der Waals surface area contributed by atoms with E-state index >= 15 is 0 Å². The van der Waals surface area contributed by atoms with Gasteiger partial charge >= 0.3 is 0 Å². The van der Waals surface area contributed by atoms with E-state index in [1.165, 1.54) is 5.48 Å². The van der Waals surface area contributed by atoms with Crippen molar-refractivity contribution >= 4 is 35.3 Å². The summed E-state index contributed by atoms with van der Waals surface area (Å²) in [6, 6.07) is 0. The number of nitrogens with one attached hydrogen (secondary N) is 4. The number of ketones is 1. The van der Waals surface area contributed by atoms with E-state index in [-0.39, 0.29) is 62.5 Å². The molecule has 1 aliphatic rings. The smallest absolute Gasteiger partial charge is 0.246 e. The topological polar surface area (TPSA) is 194 Å². The number of unbranched alkanes of at least 4 members (excludes halogenated alkanes) is 1. The molecular formula is C24H39N5O8. The van der Waals surface area contributed by atoms with Crippen LogP contribution in [0.15, 0.2) is 12.3 Å². The average molecular weight is 526 g/mol. The summed E-state index contributed by atoms with van der Waals surface area (Å²) in [5.41, 5.74) is 2.13. The Kier molecular flexibility index (Phi) is 14.1. The number of hydroxylamine groups is 1. The van der Waals surface area contributed by atoms with Gasteiger partial charge in [0.25, 0.3) is 0 Å². The van der Waals surface area contributed by atoms with E-state index in [1.54, 1.807) is 4.90 Å². The maximum atomic E-state index is 12.4. The summed E-state index contributed by atoms with van der Waals surface area (Å²) in [5.74, 6) is -2.53. The van der Waals surface area contributed by atoms with Gasteiger partial charge in [0.1, 0.15) is 6.10 Å². The minimum absolute atomic E-state index is 0.0338. The molecule has 1 saturated heterocycles. The average Bonchev–Trinajstić information content (AvgIpc) is 3.14. The first-order chi connectivity index (χ1) is 17.5. The third kappa shape index (κ3) is 12.0. The molecule has 37 heavy (non-hydrogen) atoms. The molecule has 0 bridgehead atoms. The predicted octanol–water partition coefficient (Wildman–Crippen LogP) is -0.871. The lowest BCUT2D eigenvalue weighted by molar-refractivity contribution is -0.137. The lowest BCUT2D eigenvalue weighted by Crippen LogP contribution is -2.42. The first kappa shape index (κ1) is 31.7. The molecule has 6 N–H and O–H groups in total. The number of hydrogen-bond donors (Lipinski definition) is 6. The highest BCUT2D eigenvalue weighted by Crippen LogP contribution is 2.31. The highest BCUT2D eigenvalue weighted by molar-refractivity contribution is 5.89. The van der Waals surface area contributed by atoms with Gasteiger partial charge in [-0.1, -0.05) is 20.4 Å². The number of aliphatic hydroxyl groups is 1. The fourth-order valence-electron chi connectivity index (χ4n) is 3.72. The molecule has 0 aromatic rings. The van der Waals surface area contributed by atoms with Crippen LogP contribution < -0.4 is 21.4 Å². The molecule has 0 spiro atoms. The number of Topliss-reactive ketones (excluding diaryl/α,β-unsaturated/α-hetero) is 1. The summed E-state index contributed by atoms with van der Waals surface area (Å²) in [6.45, 7) is 8.03. The largest absolute Gasteiger partial charge is 0.385 e. The molecule has 1 heterocycles. The van der Waals surface area contributed by atoms with Crippen molar-refractivity contribution < 1.29 is 39.1 Å². The van der Waals surface area contributed by atoms with Crippen molar-refractivity contribution in [1.82, 2.24) is 26.3 Å². The first-order valence-corrected chi connectivity index (χ1v) is 12.4. The monoisotopic (exact) mass is 525 g/mol. The quantitative estimate of drug-likeness (QED) is 0.0801. The van der Waals surface area contributed by atoms with Crippen LogP contribution in [0, 0.1) is 11.8 Å². The van der Waals surface area contributed by atoms with Crippen LogP contribution in [0.4, 0.5) is 0 Å². The molecule has 0 saturated carbocycles. The van der Waals surface area contributed by atoms with Crippen molar-refractivity contribution in [3.8, 4) is 0 Å². The molecule has 13 heteroatoms. The van der Waals surface area contributed by atoms with Crippen LogP contribution in [0.3, 0.4) is 0 Å². The van der Waals surface area contributed by atoms with Gasteiger partial charge in [-0.05, 0) is 31.6 Å². The minimum Gasteiger partial charge on any atom is -0.385 e. The normalized spacial score (nSPS) is 15.9. The lowest BCUT2D eigenvalue weighted by Gasteiger charge is -2.18. The number of likely N-dealkylation sites (tertiary alicyclic amines) is 1. The van der Waals surface area contributed by atoms with Crippen LogP contribution >= 0.6 is 0 Å². The van der Waals surface area contributed by atoms with E-state index in [1.807, 2.05) is 13.8 Å². The Morgan fingerprint density at radius 3 is 2.16 bits per heavy atom. The van der Waals surface area contributed by atoms with Crippen LogP contribution in [-0.4, -0.2) is 82.8 Å². The first-order valence-electron chi connectivity index (χ1n) is 12.4. The third-order valence-corrected chi connectivity index (χ3v) is 5.95. The second-order valence-corrected chi connectivity index (χ2v) is 9.30. The van der Waals surface area contributed by atoms with Crippen molar-refractivity contribution in [1.29, 1.82) is 0 Å². The molecule has 0 aromatic heterocycles. The third-order valence-electron chi connectivity index (χ3n) is 5.95. The van der Waals surface area contributed by atoms with Gasteiger partial charge < -0.3 is 26.0 Å². The number of carbonyl (C=O) groups excluding carboxylic acids is 6. The van der Waals surface area contributed by atoms with Gasteiger partial charge in [-0.15, -0.1) is 0 Å². The molecule has 5 amide bonds. The van der Waals surface area contributed by atoms with E-state index in [4.69, 9.17) is 5.21 Å². The number of allylic oxidation sites excluding steroid dienone is 1. The molecule has 1 rings (SSSR count). The maximum Gasteiger partial charge on any atom is 0.246 e. The van der Waals surface area contributed by atoms with Crippen LogP contribution in [-0.2, 0) is 28.8 Å². The van der Waals surface area contributed by atoms with E-state index in [0.29, 0.717) is 25.8 Å². The second kappa shape index (κ2) is 16.4. The van der Waals surface area contributed by atoms with E-state index < -0.39 is 36.0 Å². The standard InChI is InChI=1S/C24H39N5O8/c1-15(2)17-11-16(3)29(24(17)36)10-5-4-8-20(32)26-14-23(35)27-13-22(34)25-9-6-7-18(30)19(31)12-21(33)28-37/h15,17,19,31,37H,3-14H2,1-2H3,(H,25,34)(H,26,32)(H,27,35)(H,28,33). The SMILES string of the molecule is C=C1CC(C(C)C)C(=O)N1CCCCC(=O)NCC(=O)NCC(=O)NCCCC(=O)C(O)CC(=O)NO. The summed E-state index contributed by atoms with van der Waals surface area (Å²) < 4.78 is 0. The minimum atomic E-state index is -1.54. The molecule has 0 radical (unpaired) electrons. The van der Waals surface area contributed by atoms with E-state index in [0.717, 1.165) is 5.70 Å². The van der Waals surface area contributed by atoms with Gasteiger partial charge in [0.2, 0.25) is 29.5 Å². The number of rotatable bonds is 17. The van der Waals surface area contributed by atoms with Crippen molar-refractivity contribution in [3.05, 3.63) is 12.3 Å².